The number of nitro benzene ring substituents is 1. The Morgan fingerprint density at radius 1 is 1.48 bits per heavy atom. The van der Waals surface area contributed by atoms with Crippen molar-refractivity contribution in [3.05, 3.63) is 33.9 Å². The number of ether oxygens (including phenoxy) is 1. The number of nitrogens with zero attached hydrogens (tertiary/aromatic N) is 1. The highest BCUT2D eigenvalue weighted by atomic mass is 16.6. The molecule has 0 aromatic heterocycles. The summed E-state index contributed by atoms with van der Waals surface area (Å²) in [6.45, 7) is 2.36. The van der Waals surface area contributed by atoms with Crippen LogP contribution >= 0.6 is 0 Å². The van der Waals surface area contributed by atoms with Crippen molar-refractivity contribution in [1.29, 1.82) is 0 Å². The van der Waals surface area contributed by atoms with Crippen molar-refractivity contribution >= 4 is 11.6 Å². The number of carbonyl (C=O) groups excluding carboxylic acids is 1. The Morgan fingerprint density at radius 3 is 2.81 bits per heavy atom. The van der Waals surface area contributed by atoms with Crippen molar-refractivity contribution in [2.75, 3.05) is 26.7 Å². The fourth-order valence-electron chi connectivity index (χ4n) is 2.32. The van der Waals surface area contributed by atoms with Gasteiger partial charge in [0.15, 0.2) is 5.75 Å². The summed E-state index contributed by atoms with van der Waals surface area (Å²) < 4.78 is 5.61. The summed E-state index contributed by atoms with van der Waals surface area (Å²) in [4.78, 5) is 22.1. The van der Waals surface area contributed by atoms with E-state index < -0.39 is 4.92 Å². The molecule has 2 rings (SSSR count). The molecule has 0 radical (unpaired) electrons. The van der Waals surface area contributed by atoms with E-state index in [2.05, 4.69) is 10.6 Å². The highest BCUT2D eigenvalue weighted by Crippen LogP contribution is 2.29. The summed E-state index contributed by atoms with van der Waals surface area (Å²) in [5.74, 6) is 0.263. The lowest BCUT2D eigenvalue weighted by molar-refractivity contribution is -0.385. The van der Waals surface area contributed by atoms with E-state index in [0.29, 0.717) is 12.5 Å². The number of hydrogen-bond acceptors (Lipinski definition) is 5. The minimum absolute atomic E-state index is 0.176. The van der Waals surface area contributed by atoms with Crippen LogP contribution in [0.3, 0.4) is 0 Å². The third-order valence-electron chi connectivity index (χ3n) is 3.58. The standard InChI is InChI=1S/C14H19N3O4/c1-15-14(18)11-2-3-13(12(8-11)17(19)20)21-9-10-4-6-16-7-5-10/h2-3,8,10,16H,4-7,9H2,1H3,(H,15,18). The van der Waals surface area contributed by atoms with Crippen LogP contribution in [0.25, 0.3) is 0 Å². The first-order valence-corrected chi connectivity index (χ1v) is 6.96. The molecule has 7 heteroatoms. The van der Waals surface area contributed by atoms with E-state index in [-0.39, 0.29) is 22.9 Å². The lowest BCUT2D eigenvalue weighted by Crippen LogP contribution is -2.30. The number of hydrogen-bond donors (Lipinski definition) is 2. The third-order valence-corrected chi connectivity index (χ3v) is 3.58. The summed E-state index contributed by atoms with van der Waals surface area (Å²) in [6, 6.07) is 4.27. The fraction of sp³-hybridized carbons (Fsp3) is 0.500. The summed E-state index contributed by atoms with van der Waals surface area (Å²) in [5.41, 5.74) is 0.0726. The van der Waals surface area contributed by atoms with E-state index in [1.165, 1.54) is 25.2 Å². The maximum atomic E-state index is 11.5. The Hall–Kier alpha value is -2.15. The van der Waals surface area contributed by atoms with E-state index >= 15 is 0 Å². The zero-order valence-electron chi connectivity index (χ0n) is 11.9. The smallest absolute Gasteiger partial charge is 0.311 e. The molecular weight excluding hydrogens is 274 g/mol. The molecule has 1 saturated heterocycles. The zero-order valence-corrected chi connectivity index (χ0v) is 11.9. The van der Waals surface area contributed by atoms with Gasteiger partial charge in [-0.25, -0.2) is 0 Å². The Balaban J connectivity index is 2.10. The van der Waals surface area contributed by atoms with Gasteiger partial charge in [0.05, 0.1) is 11.5 Å². The molecular formula is C14H19N3O4. The second kappa shape index (κ2) is 7.03. The third kappa shape index (κ3) is 3.91. The average Bonchev–Trinajstić information content (AvgIpc) is 2.52. The largest absolute Gasteiger partial charge is 0.487 e. The number of nitro groups is 1. The van der Waals surface area contributed by atoms with Crippen molar-refractivity contribution in [2.24, 2.45) is 5.92 Å². The molecule has 0 atom stereocenters. The molecule has 1 heterocycles. The van der Waals surface area contributed by atoms with Crippen LogP contribution in [0, 0.1) is 16.0 Å². The minimum Gasteiger partial charge on any atom is -0.487 e. The molecule has 0 bridgehead atoms. The van der Waals surface area contributed by atoms with Crippen LogP contribution < -0.4 is 15.4 Å². The molecule has 2 N–H and O–H groups in total. The minimum atomic E-state index is -0.524. The predicted molar refractivity (Wildman–Crippen MR) is 77.6 cm³/mol. The second-order valence-electron chi connectivity index (χ2n) is 5.02. The SMILES string of the molecule is CNC(=O)c1ccc(OCC2CCNCC2)c([N+](=O)[O-])c1. The maximum absolute atomic E-state index is 11.5. The molecule has 1 aliphatic heterocycles. The maximum Gasteiger partial charge on any atom is 0.311 e. The van der Waals surface area contributed by atoms with Crippen LogP contribution in [0.2, 0.25) is 0 Å². The molecule has 0 unspecified atom stereocenters. The van der Waals surface area contributed by atoms with E-state index in [1.54, 1.807) is 0 Å². The van der Waals surface area contributed by atoms with Gasteiger partial charge in [-0.15, -0.1) is 0 Å². The van der Waals surface area contributed by atoms with E-state index in [0.717, 1.165) is 25.9 Å². The molecule has 0 spiro atoms. The van der Waals surface area contributed by atoms with Crippen LogP contribution in [-0.4, -0.2) is 37.6 Å². The Bertz CT molecular complexity index is 527. The Morgan fingerprint density at radius 2 is 2.19 bits per heavy atom. The van der Waals surface area contributed by atoms with Gasteiger partial charge in [0.1, 0.15) is 0 Å². The van der Waals surface area contributed by atoms with Crippen molar-refractivity contribution in [2.45, 2.75) is 12.8 Å². The van der Waals surface area contributed by atoms with Gasteiger partial charge in [-0.05, 0) is 44.0 Å². The monoisotopic (exact) mass is 293 g/mol. The molecule has 1 fully saturated rings. The van der Waals surface area contributed by atoms with E-state index in [4.69, 9.17) is 4.74 Å². The number of benzene rings is 1. The van der Waals surface area contributed by atoms with Gasteiger partial charge in [0.2, 0.25) is 0 Å². The van der Waals surface area contributed by atoms with Gasteiger partial charge in [0, 0.05) is 18.7 Å². The molecule has 21 heavy (non-hydrogen) atoms. The summed E-state index contributed by atoms with van der Waals surface area (Å²) in [6.07, 6.45) is 2.01. The number of rotatable bonds is 5. The highest BCUT2D eigenvalue weighted by Gasteiger charge is 2.20. The van der Waals surface area contributed by atoms with Gasteiger partial charge in [0.25, 0.3) is 5.91 Å². The summed E-state index contributed by atoms with van der Waals surface area (Å²) in [5, 5.41) is 16.8. The van der Waals surface area contributed by atoms with Gasteiger partial charge in [-0.1, -0.05) is 0 Å². The molecule has 1 aromatic carbocycles. The van der Waals surface area contributed by atoms with Crippen molar-refractivity contribution in [1.82, 2.24) is 10.6 Å². The highest BCUT2D eigenvalue weighted by molar-refractivity contribution is 5.94. The normalized spacial score (nSPS) is 15.5. The van der Waals surface area contributed by atoms with Crippen molar-refractivity contribution in [3.8, 4) is 5.75 Å². The topological polar surface area (TPSA) is 93.5 Å². The first-order valence-electron chi connectivity index (χ1n) is 6.96. The molecule has 1 aliphatic rings. The predicted octanol–water partition coefficient (Wildman–Crippen LogP) is 1.33. The van der Waals surface area contributed by atoms with Gasteiger partial charge in [-0.2, -0.15) is 0 Å². The number of nitrogens with one attached hydrogen (secondary N) is 2. The van der Waals surface area contributed by atoms with Crippen LogP contribution in [0.4, 0.5) is 5.69 Å². The zero-order chi connectivity index (χ0) is 15.2. The van der Waals surface area contributed by atoms with E-state index in [1.807, 2.05) is 0 Å². The lowest BCUT2D eigenvalue weighted by Gasteiger charge is -2.22. The molecule has 1 aromatic rings. The van der Waals surface area contributed by atoms with Crippen molar-refractivity contribution < 1.29 is 14.5 Å². The van der Waals surface area contributed by atoms with Crippen LogP contribution in [0.1, 0.15) is 23.2 Å². The lowest BCUT2D eigenvalue weighted by atomic mass is 9.99. The van der Waals surface area contributed by atoms with Gasteiger partial charge < -0.3 is 15.4 Å². The Labute approximate surface area is 122 Å². The average molecular weight is 293 g/mol. The van der Waals surface area contributed by atoms with Crippen LogP contribution in [-0.2, 0) is 0 Å². The quantitative estimate of drug-likeness (QED) is 0.631. The summed E-state index contributed by atoms with van der Waals surface area (Å²) >= 11 is 0. The molecule has 114 valence electrons. The van der Waals surface area contributed by atoms with E-state index in [9.17, 15) is 14.9 Å². The molecule has 0 aliphatic carbocycles. The van der Waals surface area contributed by atoms with Gasteiger partial charge >= 0.3 is 5.69 Å². The molecule has 0 saturated carbocycles. The second-order valence-corrected chi connectivity index (χ2v) is 5.02. The van der Waals surface area contributed by atoms with Crippen molar-refractivity contribution in [3.63, 3.8) is 0 Å². The number of amides is 1. The first kappa shape index (κ1) is 15.2. The fourth-order valence-corrected chi connectivity index (χ4v) is 2.32. The first-order chi connectivity index (χ1) is 10.1. The summed E-state index contributed by atoms with van der Waals surface area (Å²) in [7, 11) is 1.48. The molecule has 1 amide bonds. The van der Waals surface area contributed by atoms with Gasteiger partial charge in [-0.3, -0.25) is 14.9 Å². The number of carbonyl (C=O) groups is 1. The number of piperidine rings is 1. The van der Waals surface area contributed by atoms with Crippen LogP contribution in [0.5, 0.6) is 5.75 Å². The van der Waals surface area contributed by atoms with Crippen LogP contribution in [0.15, 0.2) is 18.2 Å². The molecule has 7 nitrogen and oxygen atoms in total. The Kier molecular flexibility index (Phi) is 5.10.